The molecule has 0 heterocycles. The van der Waals surface area contributed by atoms with Crippen LogP contribution in [0.3, 0.4) is 0 Å². The number of carbonyl (C=O) groups excluding carboxylic acids is 2. The van der Waals surface area contributed by atoms with E-state index in [0.29, 0.717) is 12.1 Å². The number of allylic oxidation sites excluding steroid dienone is 1. The Morgan fingerprint density at radius 1 is 0.683 bits per heavy atom. The molecule has 216 valence electrons. The van der Waals surface area contributed by atoms with Crippen LogP contribution in [0.4, 0.5) is 0 Å². The van der Waals surface area contributed by atoms with Crippen LogP contribution in [-0.4, -0.2) is 76.7 Å². The highest BCUT2D eigenvalue weighted by molar-refractivity contribution is 6.64. The smallest absolute Gasteiger partial charge is 0.495 e. The Kier molecular flexibility index (Phi) is 12.2. The molecular weight excluding hydrogens is 515 g/mol. The minimum atomic E-state index is -1.12. The molecule has 7 nitrogen and oxygen atoms in total. The van der Waals surface area contributed by atoms with Crippen molar-refractivity contribution in [2.75, 3.05) is 47.9 Å². The standard InChI is InChI=1S/C33H41BN2O5/c1-7-30(25-12-10-9-11-13-25)33(27-16-20-29(21-17-27)39-23-22-35(3)4)26-14-18-28(19-15-26)34(40-31(37)8-2)41-32(38)24-36(5)6/h9-21H,7-8,22-24H2,1-6H3. The molecule has 0 aromatic heterocycles. The van der Waals surface area contributed by atoms with E-state index in [0.717, 1.165) is 41.0 Å². The van der Waals surface area contributed by atoms with Crippen molar-refractivity contribution in [2.24, 2.45) is 0 Å². The average Bonchev–Trinajstić information content (AvgIpc) is 2.96. The first-order chi connectivity index (χ1) is 19.7. The van der Waals surface area contributed by atoms with Crippen molar-refractivity contribution in [1.82, 2.24) is 9.80 Å². The van der Waals surface area contributed by atoms with E-state index in [1.165, 1.54) is 5.57 Å². The van der Waals surface area contributed by atoms with Gasteiger partial charge >= 0.3 is 13.1 Å². The van der Waals surface area contributed by atoms with Crippen molar-refractivity contribution in [1.29, 1.82) is 0 Å². The lowest BCUT2D eigenvalue weighted by molar-refractivity contribution is -0.140. The molecule has 0 saturated heterocycles. The number of likely N-dealkylation sites (N-methyl/N-ethyl adjacent to an activating group) is 2. The Labute approximate surface area is 244 Å². The Morgan fingerprint density at radius 2 is 1.27 bits per heavy atom. The normalized spacial score (nSPS) is 11.7. The second kappa shape index (κ2) is 15.8. The van der Waals surface area contributed by atoms with E-state index in [9.17, 15) is 9.59 Å². The SMILES string of the molecule is CCC(=O)OB(OC(=O)CN(C)C)c1ccc(C(=C(CC)c2ccccc2)c2ccc(OCCN(C)C)cc2)cc1. The van der Waals surface area contributed by atoms with Crippen LogP contribution < -0.4 is 10.2 Å². The van der Waals surface area contributed by atoms with Crippen molar-refractivity contribution in [2.45, 2.75) is 26.7 Å². The fraction of sp³-hybridized carbons (Fsp3) is 0.333. The third-order valence-electron chi connectivity index (χ3n) is 6.41. The van der Waals surface area contributed by atoms with Gasteiger partial charge in [0.25, 0.3) is 5.97 Å². The predicted octanol–water partition coefficient (Wildman–Crippen LogP) is 4.75. The Hall–Kier alpha value is -3.88. The maximum absolute atomic E-state index is 12.4. The molecule has 0 bridgehead atoms. The first-order valence-electron chi connectivity index (χ1n) is 14.0. The number of hydrogen-bond donors (Lipinski definition) is 0. The van der Waals surface area contributed by atoms with E-state index in [-0.39, 0.29) is 13.0 Å². The van der Waals surface area contributed by atoms with Crippen LogP contribution in [0.25, 0.3) is 11.1 Å². The summed E-state index contributed by atoms with van der Waals surface area (Å²) in [7, 11) is 6.48. The highest BCUT2D eigenvalue weighted by atomic mass is 16.6. The van der Waals surface area contributed by atoms with E-state index in [1.54, 1.807) is 25.9 Å². The van der Waals surface area contributed by atoms with Crippen LogP contribution >= 0.6 is 0 Å². The van der Waals surface area contributed by atoms with Gasteiger partial charge in [-0.15, -0.1) is 0 Å². The summed E-state index contributed by atoms with van der Waals surface area (Å²) in [6, 6.07) is 26.2. The van der Waals surface area contributed by atoms with Gasteiger partial charge in [-0.2, -0.15) is 0 Å². The van der Waals surface area contributed by atoms with E-state index < -0.39 is 19.1 Å². The van der Waals surface area contributed by atoms with Crippen LogP contribution in [-0.2, 0) is 18.9 Å². The summed E-state index contributed by atoms with van der Waals surface area (Å²) in [5, 5.41) is 0. The molecule has 0 spiro atoms. The highest BCUT2D eigenvalue weighted by Gasteiger charge is 2.30. The first kappa shape index (κ1) is 31.6. The molecule has 0 aliphatic heterocycles. The summed E-state index contributed by atoms with van der Waals surface area (Å²) in [5.74, 6) is -0.0930. The van der Waals surface area contributed by atoms with Crippen molar-refractivity contribution in [3.63, 3.8) is 0 Å². The number of nitrogens with zero attached hydrogens (tertiary/aromatic N) is 2. The quantitative estimate of drug-likeness (QED) is 0.210. The number of ether oxygens (including phenoxy) is 1. The Balaban J connectivity index is 2.01. The first-order valence-corrected chi connectivity index (χ1v) is 14.0. The Morgan fingerprint density at radius 3 is 1.80 bits per heavy atom. The molecule has 0 fully saturated rings. The van der Waals surface area contributed by atoms with Gasteiger partial charge in [-0.05, 0) is 74.6 Å². The molecule has 8 heteroatoms. The van der Waals surface area contributed by atoms with Crippen molar-refractivity contribution in [3.8, 4) is 5.75 Å². The summed E-state index contributed by atoms with van der Waals surface area (Å²) in [6.07, 6.45) is 1.000. The molecular formula is C33H41BN2O5. The number of benzene rings is 3. The maximum atomic E-state index is 12.4. The molecule has 0 unspecified atom stereocenters. The average molecular weight is 557 g/mol. The van der Waals surface area contributed by atoms with Gasteiger partial charge in [0.15, 0.2) is 0 Å². The fourth-order valence-corrected chi connectivity index (χ4v) is 4.33. The molecule has 41 heavy (non-hydrogen) atoms. The summed E-state index contributed by atoms with van der Waals surface area (Å²) in [4.78, 5) is 28.3. The summed E-state index contributed by atoms with van der Waals surface area (Å²) < 4.78 is 17.0. The minimum Gasteiger partial charge on any atom is -0.495 e. The zero-order chi connectivity index (χ0) is 29.8. The third-order valence-corrected chi connectivity index (χ3v) is 6.41. The summed E-state index contributed by atoms with van der Waals surface area (Å²) >= 11 is 0. The van der Waals surface area contributed by atoms with Gasteiger partial charge in [-0.25, -0.2) is 0 Å². The largest absolute Gasteiger partial charge is 0.636 e. The van der Waals surface area contributed by atoms with Crippen LogP contribution in [0.15, 0.2) is 78.9 Å². The second-order valence-corrected chi connectivity index (χ2v) is 10.3. The lowest BCUT2D eigenvalue weighted by Crippen LogP contribution is -2.42. The van der Waals surface area contributed by atoms with Crippen LogP contribution in [0.2, 0.25) is 0 Å². The zero-order valence-corrected chi connectivity index (χ0v) is 25.1. The lowest BCUT2D eigenvalue weighted by Gasteiger charge is -2.19. The fourth-order valence-electron chi connectivity index (χ4n) is 4.33. The lowest BCUT2D eigenvalue weighted by atomic mass is 9.77. The molecule has 0 N–H and O–H groups in total. The van der Waals surface area contributed by atoms with E-state index in [1.807, 2.05) is 68.7 Å². The highest BCUT2D eigenvalue weighted by Crippen LogP contribution is 2.34. The topological polar surface area (TPSA) is 68.3 Å². The van der Waals surface area contributed by atoms with Gasteiger partial charge in [0.2, 0.25) is 0 Å². The van der Waals surface area contributed by atoms with Gasteiger partial charge in [-0.1, -0.05) is 80.6 Å². The molecule has 0 aliphatic carbocycles. The Bertz CT molecular complexity index is 1290. The van der Waals surface area contributed by atoms with Crippen molar-refractivity contribution in [3.05, 3.63) is 95.6 Å². The summed E-state index contributed by atoms with van der Waals surface area (Å²) in [5.41, 5.74) is 6.08. The predicted molar refractivity (Wildman–Crippen MR) is 166 cm³/mol. The van der Waals surface area contributed by atoms with E-state index >= 15 is 0 Å². The van der Waals surface area contributed by atoms with E-state index in [2.05, 4.69) is 36.1 Å². The van der Waals surface area contributed by atoms with Crippen LogP contribution in [0.1, 0.15) is 43.4 Å². The minimum absolute atomic E-state index is 0.0803. The molecule has 3 rings (SSSR count). The van der Waals surface area contributed by atoms with Crippen LogP contribution in [0.5, 0.6) is 5.75 Å². The van der Waals surface area contributed by atoms with Crippen LogP contribution in [0, 0.1) is 0 Å². The monoisotopic (exact) mass is 556 g/mol. The number of rotatable bonds is 14. The molecule has 3 aromatic rings. The summed E-state index contributed by atoms with van der Waals surface area (Å²) in [6.45, 7) is 5.39. The van der Waals surface area contributed by atoms with Gasteiger partial charge in [-0.3, -0.25) is 14.5 Å². The molecule has 0 aliphatic rings. The van der Waals surface area contributed by atoms with Crippen molar-refractivity contribution < 1.29 is 23.6 Å². The second-order valence-electron chi connectivity index (χ2n) is 10.3. The van der Waals surface area contributed by atoms with E-state index in [4.69, 9.17) is 14.0 Å². The van der Waals surface area contributed by atoms with Gasteiger partial charge in [0, 0.05) is 18.4 Å². The zero-order valence-electron chi connectivity index (χ0n) is 25.1. The molecule has 0 saturated carbocycles. The molecule has 0 atom stereocenters. The number of hydrogen-bond acceptors (Lipinski definition) is 7. The molecule has 0 amide bonds. The molecule has 0 radical (unpaired) electrons. The van der Waals surface area contributed by atoms with Crippen molar-refractivity contribution >= 4 is 35.7 Å². The third kappa shape index (κ3) is 9.62. The van der Waals surface area contributed by atoms with Gasteiger partial charge < -0.3 is 18.9 Å². The molecule has 3 aromatic carbocycles. The van der Waals surface area contributed by atoms with Gasteiger partial charge in [0.05, 0.1) is 6.54 Å². The maximum Gasteiger partial charge on any atom is 0.636 e. The number of carbonyl (C=O) groups is 2. The van der Waals surface area contributed by atoms with Gasteiger partial charge in [0.1, 0.15) is 12.4 Å².